The number of rotatable bonds is 18. The number of carbonyl (C=O) groups excluding carboxylic acids is 2. The topological polar surface area (TPSA) is 157 Å². The van der Waals surface area contributed by atoms with Crippen molar-refractivity contribution in [3.05, 3.63) is 110 Å². The van der Waals surface area contributed by atoms with E-state index in [1.807, 2.05) is 0 Å². The van der Waals surface area contributed by atoms with Gasteiger partial charge in [-0.2, -0.15) is 22.0 Å². The third-order valence-electron chi connectivity index (χ3n) is 6.46. The Labute approximate surface area is 275 Å². The van der Waals surface area contributed by atoms with Crippen molar-refractivity contribution in [2.24, 2.45) is 0 Å². The molecule has 0 aliphatic heterocycles. The second-order valence-electron chi connectivity index (χ2n) is 10.2. The van der Waals surface area contributed by atoms with Crippen LogP contribution in [0.2, 0.25) is 0 Å². The molecular formula is C32H29F5N2O10. The average Bonchev–Trinajstić information content (AvgIpc) is 3.05. The van der Waals surface area contributed by atoms with Crippen molar-refractivity contribution in [2.45, 2.75) is 44.4 Å². The van der Waals surface area contributed by atoms with Gasteiger partial charge in [0.15, 0.2) is 0 Å². The highest BCUT2D eigenvalue weighted by Crippen LogP contribution is 2.33. The molecule has 12 nitrogen and oxygen atoms in total. The van der Waals surface area contributed by atoms with E-state index in [-0.39, 0.29) is 30.3 Å². The van der Waals surface area contributed by atoms with Gasteiger partial charge in [-0.3, -0.25) is 20.2 Å². The van der Waals surface area contributed by atoms with Crippen LogP contribution in [-0.2, 0) is 20.4 Å². The molecule has 0 unspecified atom stereocenters. The van der Waals surface area contributed by atoms with E-state index in [2.05, 4.69) is 0 Å². The molecule has 0 aromatic heterocycles. The molecule has 0 atom stereocenters. The zero-order valence-electron chi connectivity index (χ0n) is 25.5. The van der Waals surface area contributed by atoms with Crippen molar-refractivity contribution >= 4 is 29.4 Å². The van der Waals surface area contributed by atoms with E-state index in [0.717, 1.165) is 48.5 Å². The Morgan fingerprint density at radius 3 is 1.82 bits per heavy atom. The van der Waals surface area contributed by atoms with Gasteiger partial charge < -0.3 is 18.9 Å². The molecule has 0 aliphatic carbocycles. The first-order chi connectivity index (χ1) is 23.1. The van der Waals surface area contributed by atoms with Crippen LogP contribution in [0.3, 0.4) is 0 Å². The Kier molecular flexibility index (Phi) is 13.5. The Bertz CT molecular complexity index is 1600. The number of ether oxygens (including phenoxy) is 4. The maximum absolute atomic E-state index is 14.6. The summed E-state index contributed by atoms with van der Waals surface area (Å²) >= 11 is 0. The molecule has 3 aromatic rings. The third-order valence-corrected chi connectivity index (χ3v) is 6.46. The number of carbonyl (C=O) groups is 2. The highest BCUT2D eigenvalue weighted by molar-refractivity contribution is 5.91. The maximum Gasteiger partial charge on any atom is 0.426 e. The zero-order chi connectivity index (χ0) is 36.0. The van der Waals surface area contributed by atoms with E-state index in [1.165, 1.54) is 30.3 Å². The van der Waals surface area contributed by atoms with Crippen LogP contribution >= 0.6 is 0 Å². The molecule has 17 heteroatoms. The fourth-order valence-corrected chi connectivity index (χ4v) is 4.00. The number of benzene rings is 3. The molecule has 3 aromatic carbocycles. The number of nitrogens with zero attached hydrogens (tertiary/aromatic N) is 2. The predicted octanol–water partition coefficient (Wildman–Crippen LogP) is 7.94. The summed E-state index contributed by atoms with van der Waals surface area (Å²) in [5.41, 5.74) is -1.60. The molecule has 0 heterocycles. The van der Waals surface area contributed by atoms with E-state index in [9.17, 15) is 51.8 Å². The third kappa shape index (κ3) is 13.2. The van der Waals surface area contributed by atoms with Crippen LogP contribution < -0.4 is 9.47 Å². The van der Waals surface area contributed by atoms with Crippen LogP contribution in [0.5, 0.6) is 11.5 Å². The number of hydrogen-bond donors (Lipinski definition) is 0. The molecule has 0 N–H and O–H groups in total. The molecule has 0 saturated carbocycles. The number of nitro groups is 2. The molecule has 0 saturated heterocycles. The van der Waals surface area contributed by atoms with Gasteiger partial charge in [-0.05, 0) is 73.7 Å². The van der Waals surface area contributed by atoms with Gasteiger partial charge in [0.25, 0.3) is 11.4 Å². The van der Waals surface area contributed by atoms with Gasteiger partial charge in [-0.1, -0.05) is 12.1 Å². The fourth-order valence-electron chi connectivity index (χ4n) is 4.00. The highest BCUT2D eigenvalue weighted by Gasteiger charge is 2.34. The van der Waals surface area contributed by atoms with Crippen LogP contribution in [-0.4, -0.2) is 47.8 Å². The first-order valence-electron chi connectivity index (χ1n) is 14.6. The van der Waals surface area contributed by atoms with Crippen LogP contribution in [0.1, 0.15) is 53.6 Å². The van der Waals surface area contributed by atoms with E-state index in [1.54, 1.807) is 0 Å². The Morgan fingerprint density at radius 2 is 1.27 bits per heavy atom. The van der Waals surface area contributed by atoms with Crippen molar-refractivity contribution in [3.8, 4) is 11.5 Å². The van der Waals surface area contributed by atoms with Crippen molar-refractivity contribution in [1.82, 2.24) is 0 Å². The Balaban J connectivity index is 1.33. The monoisotopic (exact) mass is 696 g/mol. The number of halogens is 5. The Morgan fingerprint density at radius 1 is 0.714 bits per heavy atom. The summed E-state index contributed by atoms with van der Waals surface area (Å²) in [6, 6.07) is 12.1. The Hall–Kier alpha value is -5.61. The second-order valence-corrected chi connectivity index (χ2v) is 10.2. The average molecular weight is 697 g/mol. The summed E-state index contributed by atoms with van der Waals surface area (Å²) in [6.07, 6.45) is -4.68. The summed E-state index contributed by atoms with van der Waals surface area (Å²) in [6.45, 7) is -0.561. The number of alkyl halides is 5. The van der Waals surface area contributed by atoms with Crippen molar-refractivity contribution in [1.29, 1.82) is 0 Å². The SMILES string of the molecule is O=C(/C=C/c1ccc(C(F)(F)Oc2ccc(OCCC(F)(F)F)cc2)cc1)OCCCCCCOC(=O)c1cc([N+](=O)[O-])cc([N+](=O)[O-])c1. The first kappa shape index (κ1) is 37.8. The molecule has 49 heavy (non-hydrogen) atoms. The van der Waals surface area contributed by atoms with Crippen molar-refractivity contribution < 1.29 is 60.3 Å². The molecule has 0 radical (unpaired) electrons. The minimum absolute atomic E-state index is 0.0335. The maximum atomic E-state index is 14.6. The normalized spacial score (nSPS) is 11.6. The summed E-state index contributed by atoms with van der Waals surface area (Å²) in [7, 11) is 0. The number of nitro benzene ring substituents is 2. The van der Waals surface area contributed by atoms with Gasteiger partial charge in [0.2, 0.25) is 0 Å². The lowest BCUT2D eigenvalue weighted by Crippen LogP contribution is -2.21. The second kappa shape index (κ2) is 17.5. The lowest BCUT2D eigenvalue weighted by Gasteiger charge is -2.18. The van der Waals surface area contributed by atoms with Crippen LogP contribution in [0.25, 0.3) is 6.08 Å². The minimum atomic E-state index is -4.38. The van der Waals surface area contributed by atoms with Gasteiger partial charge in [0.1, 0.15) is 11.5 Å². The molecule has 0 aliphatic rings. The highest BCUT2D eigenvalue weighted by atomic mass is 19.4. The molecular weight excluding hydrogens is 667 g/mol. The van der Waals surface area contributed by atoms with Gasteiger partial charge in [-0.25, -0.2) is 9.59 Å². The standard InChI is InChI=1S/C32H29F5N2O10/c33-31(34,35)15-18-46-27-10-12-28(13-11-27)49-32(36,37)24-8-5-22(6-9-24)7-14-29(40)47-16-3-1-2-4-17-48-30(41)23-19-25(38(42)43)21-26(20-23)39(44)45/h5-14,19-21H,1-4,15-18H2/b14-7+. The molecule has 3 rings (SSSR count). The van der Waals surface area contributed by atoms with Gasteiger partial charge >= 0.3 is 24.2 Å². The van der Waals surface area contributed by atoms with E-state index >= 15 is 0 Å². The zero-order valence-corrected chi connectivity index (χ0v) is 25.5. The summed E-state index contributed by atoms with van der Waals surface area (Å²) < 4.78 is 85.8. The number of non-ortho nitro benzene ring substituents is 2. The lowest BCUT2D eigenvalue weighted by atomic mass is 10.1. The number of hydrogen-bond acceptors (Lipinski definition) is 10. The fraction of sp³-hybridized carbons (Fsp3) is 0.312. The molecule has 0 spiro atoms. The van der Waals surface area contributed by atoms with Crippen LogP contribution in [0, 0.1) is 20.2 Å². The van der Waals surface area contributed by atoms with E-state index in [4.69, 9.17) is 18.9 Å². The largest absolute Gasteiger partial charge is 0.493 e. The van der Waals surface area contributed by atoms with Gasteiger partial charge in [0, 0.05) is 18.2 Å². The summed E-state index contributed by atoms with van der Waals surface area (Å²) in [4.78, 5) is 44.4. The first-order valence-corrected chi connectivity index (χ1v) is 14.6. The van der Waals surface area contributed by atoms with Crippen molar-refractivity contribution in [2.75, 3.05) is 19.8 Å². The van der Waals surface area contributed by atoms with E-state index < -0.39 is 64.0 Å². The molecule has 0 bridgehead atoms. The van der Waals surface area contributed by atoms with Crippen molar-refractivity contribution in [3.63, 3.8) is 0 Å². The smallest absolute Gasteiger partial charge is 0.426 e. The molecule has 0 amide bonds. The quantitative estimate of drug-likeness (QED) is 0.0319. The predicted molar refractivity (Wildman–Crippen MR) is 162 cm³/mol. The molecule has 0 fully saturated rings. The lowest BCUT2D eigenvalue weighted by molar-refractivity contribution is -0.394. The van der Waals surface area contributed by atoms with Crippen LogP contribution in [0.15, 0.2) is 72.8 Å². The van der Waals surface area contributed by atoms with Gasteiger partial charge in [-0.15, -0.1) is 0 Å². The number of esters is 2. The summed E-state index contributed by atoms with van der Waals surface area (Å²) in [5, 5.41) is 21.9. The molecule has 262 valence electrons. The summed E-state index contributed by atoms with van der Waals surface area (Å²) in [5.74, 6) is -1.78. The number of unbranched alkanes of at least 4 members (excludes halogenated alkanes) is 3. The van der Waals surface area contributed by atoms with Gasteiger partial charge in [0.05, 0.1) is 53.3 Å². The van der Waals surface area contributed by atoms with E-state index in [0.29, 0.717) is 31.2 Å². The van der Waals surface area contributed by atoms with Crippen LogP contribution in [0.4, 0.5) is 33.3 Å². The minimum Gasteiger partial charge on any atom is -0.493 e.